The summed E-state index contributed by atoms with van der Waals surface area (Å²) in [6.45, 7) is 1.56. The van der Waals surface area contributed by atoms with Crippen molar-refractivity contribution in [3.8, 4) is 0 Å². The van der Waals surface area contributed by atoms with Crippen molar-refractivity contribution < 1.29 is 18.0 Å². The molecule has 0 bridgehead atoms. The highest BCUT2D eigenvalue weighted by atomic mass is 31.2. The molecular weight excluding hydrogens is 255 g/mol. The lowest BCUT2D eigenvalue weighted by Gasteiger charge is -2.14. The first-order valence-electron chi connectivity index (χ1n) is 5.28. The summed E-state index contributed by atoms with van der Waals surface area (Å²) in [6.07, 6.45) is 0. The van der Waals surface area contributed by atoms with Gasteiger partial charge in [-0.05, 0) is 19.1 Å². The standard InChI is InChI=1S/C12H13O5P/c1-8-12(18(14,15-2)16-3)11(13)9-6-4-5-7-10(9)17-8/h4-7H,1-3H3. The first-order chi connectivity index (χ1) is 8.53. The molecule has 0 aliphatic rings. The van der Waals surface area contributed by atoms with Crippen molar-refractivity contribution in [2.75, 3.05) is 14.2 Å². The van der Waals surface area contributed by atoms with E-state index in [2.05, 4.69) is 0 Å². The van der Waals surface area contributed by atoms with Crippen molar-refractivity contribution in [1.82, 2.24) is 0 Å². The zero-order valence-corrected chi connectivity index (χ0v) is 11.2. The minimum Gasteiger partial charge on any atom is -0.460 e. The fourth-order valence-corrected chi connectivity index (χ4v) is 3.13. The molecule has 1 aromatic heterocycles. The van der Waals surface area contributed by atoms with Crippen LogP contribution in [0.5, 0.6) is 0 Å². The van der Waals surface area contributed by atoms with Gasteiger partial charge in [-0.15, -0.1) is 0 Å². The van der Waals surface area contributed by atoms with Crippen LogP contribution in [0.2, 0.25) is 0 Å². The van der Waals surface area contributed by atoms with E-state index >= 15 is 0 Å². The second-order valence-electron chi connectivity index (χ2n) is 3.69. The van der Waals surface area contributed by atoms with Gasteiger partial charge in [0.05, 0.1) is 5.39 Å². The van der Waals surface area contributed by atoms with E-state index in [4.69, 9.17) is 13.5 Å². The number of hydrogen-bond donors (Lipinski definition) is 0. The second-order valence-corrected chi connectivity index (χ2v) is 5.87. The van der Waals surface area contributed by atoms with E-state index in [9.17, 15) is 9.36 Å². The molecule has 6 heteroatoms. The van der Waals surface area contributed by atoms with Gasteiger partial charge in [-0.3, -0.25) is 9.36 Å². The maximum Gasteiger partial charge on any atom is 0.368 e. The van der Waals surface area contributed by atoms with Crippen LogP contribution in [0, 0.1) is 6.92 Å². The Balaban J connectivity index is 2.88. The molecule has 0 N–H and O–H groups in total. The van der Waals surface area contributed by atoms with Crippen molar-refractivity contribution in [1.29, 1.82) is 0 Å². The van der Waals surface area contributed by atoms with Gasteiger partial charge in [-0.1, -0.05) is 12.1 Å². The molecule has 0 fully saturated rings. The van der Waals surface area contributed by atoms with E-state index < -0.39 is 7.60 Å². The quantitative estimate of drug-likeness (QED) is 0.798. The van der Waals surface area contributed by atoms with Crippen LogP contribution in [-0.4, -0.2) is 14.2 Å². The summed E-state index contributed by atoms with van der Waals surface area (Å²) in [5.41, 5.74) is 0.0592. The Labute approximate surface area is 104 Å². The lowest BCUT2D eigenvalue weighted by Crippen LogP contribution is -2.28. The third kappa shape index (κ3) is 1.90. The minimum atomic E-state index is -3.62. The first kappa shape index (κ1) is 13.0. The number of para-hydroxylation sites is 1. The van der Waals surface area contributed by atoms with E-state index in [0.717, 1.165) is 0 Å². The molecule has 0 spiro atoms. The van der Waals surface area contributed by atoms with Gasteiger partial charge in [0.2, 0.25) is 5.43 Å². The summed E-state index contributed by atoms with van der Waals surface area (Å²) < 4.78 is 27.5. The van der Waals surface area contributed by atoms with Crippen LogP contribution < -0.4 is 10.7 Å². The van der Waals surface area contributed by atoms with Crippen LogP contribution in [0.4, 0.5) is 0 Å². The van der Waals surface area contributed by atoms with Gasteiger partial charge in [-0.25, -0.2) is 0 Å². The third-order valence-electron chi connectivity index (χ3n) is 2.70. The molecule has 0 unspecified atom stereocenters. The first-order valence-corrected chi connectivity index (χ1v) is 6.82. The molecule has 5 nitrogen and oxygen atoms in total. The van der Waals surface area contributed by atoms with Crippen LogP contribution in [-0.2, 0) is 13.6 Å². The average Bonchev–Trinajstić information content (AvgIpc) is 2.38. The van der Waals surface area contributed by atoms with E-state index in [1.54, 1.807) is 31.2 Å². The van der Waals surface area contributed by atoms with Crippen molar-refractivity contribution in [2.45, 2.75) is 6.92 Å². The van der Waals surface area contributed by atoms with Crippen LogP contribution in [0.15, 0.2) is 33.5 Å². The molecule has 0 aliphatic heterocycles. The van der Waals surface area contributed by atoms with Crippen molar-refractivity contribution in [3.05, 3.63) is 40.2 Å². The van der Waals surface area contributed by atoms with E-state index in [0.29, 0.717) is 11.0 Å². The summed E-state index contributed by atoms with van der Waals surface area (Å²) >= 11 is 0. The third-order valence-corrected chi connectivity index (χ3v) is 4.73. The zero-order chi connectivity index (χ0) is 13.3. The number of aryl methyl sites for hydroxylation is 1. The van der Waals surface area contributed by atoms with Crippen LogP contribution >= 0.6 is 7.60 Å². The molecule has 0 atom stereocenters. The smallest absolute Gasteiger partial charge is 0.368 e. The van der Waals surface area contributed by atoms with Gasteiger partial charge in [0.15, 0.2) is 5.30 Å². The predicted molar refractivity (Wildman–Crippen MR) is 68.5 cm³/mol. The van der Waals surface area contributed by atoms with Crippen molar-refractivity contribution >= 4 is 23.9 Å². The SMILES string of the molecule is COP(=O)(OC)c1c(C)oc2ccccc2c1=O. The molecule has 2 aromatic rings. The van der Waals surface area contributed by atoms with Crippen molar-refractivity contribution in [3.63, 3.8) is 0 Å². The minimum absolute atomic E-state index is 0.0498. The summed E-state index contributed by atoms with van der Waals surface area (Å²) in [6, 6.07) is 6.76. The van der Waals surface area contributed by atoms with E-state index in [1.807, 2.05) is 0 Å². The highest BCUT2D eigenvalue weighted by Crippen LogP contribution is 2.45. The monoisotopic (exact) mass is 268 g/mol. The van der Waals surface area contributed by atoms with Gasteiger partial charge in [-0.2, -0.15) is 0 Å². The van der Waals surface area contributed by atoms with Gasteiger partial charge < -0.3 is 13.5 Å². The lowest BCUT2D eigenvalue weighted by molar-refractivity contribution is 0.286. The molecule has 0 radical (unpaired) electrons. The summed E-state index contributed by atoms with van der Waals surface area (Å²) in [5, 5.41) is 0.304. The molecule has 96 valence electrons. The molecule has 2 rings (SSSR count). The summed E-state index contributed by atoms with van der Waals surface area (Å²) in [7, 11) is -1.15. The molecule has 0 amide bonds. The fourth-order valence-electron chi connectivity index (χ4n) is 1.82. The number of fused-ring (bicyclic) bond motifs is 1. The van der Waals surface area contributed by atoms with Crippen LogP contribution in [0.25, 0.3) is 11.0 Å². The highest BCUT2D eigenvalue weighted by Gasteiger charge is 2.32. The Morgan fingerprint density at radius 2 is 1.78 bits per heavy atom. The Morgan fingerprint density at radius 1 is 1.17 bits per heavy atom. The highest BCUT2D eigenvalue weighted by molar-refractivity contribution is 7.62. The lowest BCUT2D eigenvalue weighted by atomic mass is 10.2. The summed E-state index contributed by atoms with van der Waals surface area (Å²) in [4.78, 5) is 12.3. The maximum atomic E-state index is 12.3. The zero-order valence-electron chi connectivity index (χ0n) is 10.3. The van der Waals surface area contributed by atoms with Crippen LogP contribution in [0.1, 0.15) is 5.76 Å². The largest absolute Gasteiger partial charge is 0.460 e. The average molecular weight is 268 g/mol. The Morgan fingerprint density at radius 3 is 2.39 bits per heavy atom. The second kappa shape index (κ2) is 4.69. The molecular formula is C12H13O5P. The van der Waals surface area contributed by atoms with Gasteiger partial charge >= 0.3 is 7.60 Å². The normalized spacial score (nSPS) is 11.9. The van der Waals surface area contributed by atoms with Crippen LogP contribution in [0.3, 0.4) is 0 Å². The van der Waals surface area contributed by atoms with E-state index in [-0.39, 0.29) is 16.5 Å². The molecule has 1 heterocycles. The molecule has 1 aromatic carbocycles. The number of hydrogen-bond acceptors (Lipinski definition) is 5. The van der Waals surface area contributed by atoms with Crippen molar-refractivity contribution in [2.24, 2.45) is 0 Å². The molecule has 0 saturated carbocycles. The van der Waals surface area contributed by atoms with Gasteiger partial charge in [0.1, 0.15) is 11.3 Å². The number of rotatable bonds is 3. The van der Waals surface area contributed by atoms with Gasteiger partial charge in [0.25, 0.3) is 0 Å². The Bertz CT molecular complexity index is 680. The number of benzene rings is 1. The van der Waals surface area contributed by atoms with Gasteiger partial charge in [0, 0.05) is 14.2 Å². The Hall–Kier alpha value is -1.42. The fraction of sp³-hybridized carbons (Fsp3) is 0.250. The summed E-state index contributed by atoms with van der Waals surface area (Å²) in [5.74, 6) is 0.241. The molecule has 18 heavy (non-hydrogen) atoms. The maximum absolute atomic E-state index is 12.3. The molecule has 0 saturated heterocycles. The van der Waals surface area contributed by atoms with E-state index in [1.165, 1.54) is 14.2 Å². The molecule has 0 aliphatic carbocycles. The topological polar surface area (TPSA) is 65.7 Å². The Kier molecular flexibility index (Phi) is 3.39. The predicted octanol–water partition coefficient (Wildman–Crippen LogP) is 2.21.